The van der Waals surface area contributed by atoms with E-state index < -0.39 is 12.5 Å². The second-order valence-electron chi connectivity index (χ2n) is 3.42. The van der Waals surface area contributed by atoms with E-state index in [2.05, 4.69) is 0 Å². The minimum Gasteiger partial charge on any atom is -0.548 e. The highest BCUT2D eigenvalue weighted by molar-refractivity contribution is 5.98. The average molecular weight is 220 g/mol. The number of para-hydroxylation sites is 2. The molecule has 5 heteroatoms. The molecule has 0 fully saturated rings. The fourth-order valence-electron chi connectivity index (χ4n) is 1.62. The lowest BCUT2D eigenvalue weighted by atomic mass is 10.2. The Labute approximate surface area is 92.2 Å². The van der Waals surface area contributed by atoms with Crippen LogP contribution in [-0.4, -0.2) is 25.0 Å². The fourth-order valence-corrected chi connectivity index (χ4v) is 1.62. The summed E-state index contributed by atoms with van der Waals surface area (Å²) >= 11 is 0. The van der Waals surface area contributed by atoms with Crippen molar-refractivity contribution in [2.75, 3.05) is 18.1 Å². The summed E-state index contributed by atoms with van der Waals surface area (Å²) in [6, 6.07) is 6.85. The molecule has 0 saturated carbocycles. The predicted molar refractivity (Wildman–Crippen MR) is 53.9 cm³/mol. The van der Waals surface area contributed by atoms with Crippen LogP contribution in [0.3, 0.4) is 0 Å². The third kappa shape index (κ3) is 1.98. The first-order chi connectivity index (χ1) is 7.68. The van der Waals surface area contributed by atoms with Crippen LogP contribution in [0.1, 0.15) is 6.42 Å². The van der Waals surface area contributed by atoms with E-state index in [1.807, 2.05) is 0 Å². The molecule has 5 nitrogen and oxygen atoms in total. The van der Waals surface area contributed by atoms with E-state index in [0.717, 1.165) is 0 Å². The predicted octanol–water partition coefficient (Wildman–Crippen LogP) is -0.448. The van der Waals surface area contributed by atoms with Gasteiger partial charge in [-0.1, -0.05) is 12.1 Å². The van der Waals surface area contributed by atoms with Gasteiger partial charge in [-0.15, -0.1) is 0 Å². The number of benzene rings is 1. The second-order valence-corrected chi connectivity index (χ2v) is 3.42. The van der Waals surface area contributed by atoms with Gasteiger partial charge in [-0.05, 0) is 12.1 Å². The zero-order valence-electron chi connectivity index (χ0n) is 8.51. The maximum Gasteiger partial charge on any atom is 0.230 e. The van der Waals surface area contributed by atoms with Gasteiger partial charge in [-0.25, -0.2) is 0 Å². The molecule has 0 aliphatic carbocycles. The lowest BCUT2D eigenvalue weighted by molar-refractivity contribution is -0.303. The van der Waals surface area contributed by atoms with Crippen molar-refractivity contribution in [2.24, 2.45) is 0 Å². The molecule has 0 radical (unpaired) electrons. The molecule has 0 bridgehead atoms. The van der Waals surface area contributed by atoms with Crippen LogP contribution in [0, 0.1) is 0 Å². The van der Waals surface area contributed by atoms with E-state index in [4.69, 9.17) is 4.74 Å². The van der Waals surface area contributed by atoms with Gasteiger partial charge in [0.15, 0.2) is 0 Å². The van der Waals surface area contributed by atoms with Gasteiger partial charge in [0.05, 0.1) is 31.2 Å². The Bertz CT molecular complexity index is 430. The molecule has 2 rings (SSSR count). The number of carboxylic acid groups (broad SMARTS) is 1. The van der Waals surface area contributed by atoms with E-state index in [0.29, 0.717) is 11.4 Å². The van der Waals surface area contributed by atoms with Crippen LogP contribution in [0.2, 0.25) is 0 Å². The van der Waals surface area contributed by atoms with Crippen molar-refractivity contribution in [3.05, 3.63) is 24.3 Å². The molecular weight excluding hydrogens is 210 g/mol. The molecule has 0 atom stereocenters. The summed E-state index contributed by atoms with van der Waals surface area (Å²) in [6.07, 6.45) is 0.169. The zero-order valence-corrected chi connectivity index (χ0v) is 8.51. The first kappa shape index (κ1) is 10.5. The molecule has 84 valence electrons. The van der Waals surface area contributed by atoms with Gasteiger partial charge in [-0.3, -0.25) is 4.79 Å². The van der Waals surface area contributed by atoms with Crippen LogP contribution in [0.5, 0.6) is 5.75 Å². The van der Waals surface area contributed by atoms with Gasteiger partial charge < -0.3 is 19.5 Å². The van der Waals surface area contributed by atoms with Crippen molar-refractivity contribution in [1.82, 2.24) is 0 Å². The van der Waals surface area contributed by atoms with Crippen molar-refractivity contribution in [2.45, 2.75) is 6.42 Å². The van der Waals surface area contributed by atoms with Gasteiger partial charge in [-0.2, -0.15) is 0 Å². The van der Waals surface area contributed by atoms with Crippen molar-refractivity contribution in [1.29, 1.82) is 0 Å². The van der Waals surface area contributed by atoms with Crippen molar-refractivity contribution < 1.29 is 19.4 Å². The topological polar surface area (TPSA) is 69.7 Å². The Hall–Kier alpha value is -2.04. The van der Waals surface area contributed by atoms with Crippen LogP contribution in [0.4, 0.5) is 5.69 Å². The zero-order chi connectivity index (χ0) is 11.5. The van der Waals surface area contributed by atoms with Gasteiger partial charge >= 0.3 is 0 Å². The lowest BCUT2D eigenvalue weighted by Crippen LogP contribution is -2.41. The number of carboxylic acids is 1. The quantitative estimate of drug-likeness (QED) is 0.677. The Morgan fingerprint density at radius 3 is 2.94 bits per heavy atom. The molecular formula is C11H10NO4-. The molecule has 1 amide bonds. The molecule has 16 heavy (non-hydrogen) atoms. The van der Waals surface area contributed by atoms with E-state index in [1.165, 1.54) is 4.90 Å². The van der Waals surface area contributed by atoms with Crippen LogP contribution in [-0.2, 0) is 9.59 Å². The number of hydrogen-bond acceptors (Lipinski definition) is 4. The molecule has 0 spiro atoms. The van der Waals surface area contributed by atoms with Crippen LogP contribution >= 0.6 is 0 Å². The molecule has 1 aromatic carbocycles. The van der Waals surface area contributed by atoms with Gasteiger partial charge in [0.25, 0.3) is 0 Å². The Morgan fingerprint density at radius 2 is 2.19 bits per heavy atom. The lowest BCUT2D eigenvalue weighted by Gasteiger charge is -2.21. The molecule has 0 saturated heterocycles. The Morgan fingerprint density at radius 1 is 1.44 bits per heavy atom. The van der Waals surface area contributed by atoms with Crippen molar-refractivity contribution in [3.63, 3.8) is 0 Å². The smallest absolute Gasteiger partial charge is 0.230 e. The molecule has 1 heterocycles. The molecule has 0 N–H and O–H groups in total. The number of amides is 1. The Kier molecular flexibility index (Phi) is 2.76. The minimum atomic E-state index is -1.29. The third-order valence-corrected chi connectivity index (χ3v) is 2.32. The molecule has 1 aliphatic heterocycles. The molecule has 0 aromatic heterocycles. The average Bonchev–Trinajstić information content (AvgIpc) is 2.40. The van der Waals surface area contributed by atoms with Crippen LogP contribution in [0.25, 0.3) is 0 Å². The number of nitrogens with zero attached hydrogens (tertiary/aromatic N) is 1. The normalized spacial score (nSPS) is 15.0. The van der Waals surface area contributed by atoms with E-state index in [1.54, 1.807) is 24.3 Å². The van der Waals surface area contributed by atoms with Gasteiger partial charge in [0.1, 0.15) is 5.75 Å². The SMILES string of the molecule is O=C([O-])CN1C(=O)CCOc2ccccc21. The maximum absolute atomic E-state index is 11.7. The second kappa shape index (κ2) is 4.22. The van der Waals surface area contributed by atoms with E-state index >= 15 is 0 Å². The summed E-state index contributed by atoms with van der Waals surface area (Å²) in [4.78, 5) is 23.4. The summed E-state index contributed by atoms with van der Waals surface area (Å²) in [5.41, 5.74) is 0.481. The summed E-state index contributed by atoms with van der Waals surface area (Å²) in [6.45, 7) is -0.182. The highest BCUT2D eigenvalue weighted by Crippen LogP contribution is 2.30. The summed E-state index contributed by atoms with van der Waals surface area (Å²) in [5.74, 6) is -1.03. The highest BCUT2D eigenvalue weighted by Gasteiger charge is 2.22. The first-order valence-electron chi connectivity index (χ1n) is 4.90. The molecule has 1 aliphatic rings. The highest BCUT2D eigenvalue weighted by atomic mass is 16.5. The van der Waals surface area contributed by atoms with E-state index in [9.17, 15) is 14.7 Å². The standard InChI is InChI=1S/C11H11NO4/c13-10-5-6-16-9-4-2-1-3-8(9)12(10)7-11(14)15/h1-4H,5-7H2,(H,14,15)/p-1. The van der Waals surface area contributed by atoms with Gasteiger partial charge in [0, 0.05) is 0 Å². The number of carbonyl (C=O) groups excluding carboxylic acids is 2. The maximum atomic E-state index is 11.7. The minimum absolute atomic E-state index is 0.169. The monoisotopic (exact) mass is 220 g/mol. The first-order valence-corrected chi connectivity index (χ1v) is 4.90. The van der Waals surface area contributed by atoms with Gasteiger partial charge in [0.2, 0.25) is 5.91 Å². The third-order valence-electron chi connectivity index (χ3n) is 2.32. The number of rotatable bonds is 2. The summed E-state index contributed by atoms with van der Waals surface area (Å²) in [5, 5.41) is 10.6. The largest absolute Gasteiger partial charge is 0.548 e. The number of anilines is 1. The number of fused-ring (bicyclic) bond motifs is 1. The number of carbonyl (C=O) groups is 2. The number of hydrogen-bond donors (Lipinski definition) is 0. The van der Waals surface area contributed by atoms with Crippen molar-refractivity contribution in [3.8, 4) is 5.75 Å². The number of aliphatic carboxylic acids is 1. The summed E-state index contributed by atoms with van der Waals surface area (Å²) < 4.78 is 5.35. The summed E-state index contributed by atoms with van der Waals surface area (Å²) in [7, 11) is 0. The Balaban J connectivity index is 2.39. The van der Waals surface area contributed by atoms with Crippen LogP contribution in [0.15, 0.2) is 24.3 Å². The molecule has 0 unspecified atom stereocenters. The van der Waals surface area contributed by atoms with Crippen molar-refractivity contribution >= 4 is 17.6 Å². The fraction of sp³-hybridized carbons (Fsp3) is 0.273. The van der Waals surface area contributed by atoms with Crippen LogP contribution < -0.4 is 14.7 Å². The van der Waals surface area contributed by atoms with E-state index in [-0.39, 0.29) is 18.9 Å². The number of ether oxygens (including phenoxy) is 1. The molecule has 1 aromatic rings.